The van der Waals surface area contributed by atoms with Gasteiger partial charge in [-0.05, 0) is 6.07 Å². The van der Waals surface area contributed by atoms with Gasteiger partial charge in [-0.15, -0.1) is 11.6 Å². The molecule has 0 unspecified atom stereocenters. The summed E-state index contributed by atoms with van der Waals surface area (Å²) in [6.07, 6.45) is -8.25. The molecule has 0 aliphatic carbocycles. The van der Waals surface area contributed by atoms with Gasteiger partial charge in [0.15, 0.2) is 0 Å². The Bertz CT molecular complexity index is 391. The fourth-order valence-corrected chi connectivity index (χ4v) is 1.30. The molecule has 0 amide bonds. The minimum Gasteiger partial charge on any atom is -0.383 e. The average Bonchev–Trinajstić information content (AvgIpc) is 2.15. The SMILES string of the molecule is Nc1nc(C(F)F)c(C(F)(F)F)cc1CCl. The van der Waals surface area contributed by atoms with E-state index in [0.717, 1.165) is 0 Å². The molecule has 0 bridgehead atoms. The van der Waals surface area contributed by atoms with Crippen LogP contribution in [0, 0.1) is 0 Å². The highest BCUT2D eigenvalue weighted by Crippen LogP contribution is 2.37. The molecule has 1 rings (SSSR count). The van der Waals surface area contributed by atoms with E-state index >= 15 is 0 Å². The highest BCUT2D eigenvalue weighted by molar-refractivity contribution is 6.17. The Balaban J connectivity index is 3.43. The Kier molecular flexibility index (Phi) is 3.57. The monoisotopic (exact) mass is 260 g/mol. The van der Waals surface area contributed by atoms with Crippen LogP contribution in [-0.4, -0.2) is 4.98 Å². The van der Waals surface area contributed by atoms with Crippen molar-refractivity contribution in [2.45, 2.75) is 18.5 Å². The molecule has 0 radical (unpaired) electrons. The molecule has 1 heterocycles. The first kappa shape index (κ1) is 13.0. The van der Waals surface area contributed by atoms with E-state index in [4.69, 9.17) is 17.3 Å². The first-order valence-corrected chi connectivity index (χ1v) is 4.51. The Morgan fingerprint density at radius 3 is 2.31 bits per heavy atom. The van der Waals surface area contributed by atoms with E-state index in [1.807, 2.05) is 0 Å². The quantitative estimate of drug-likeness (QED) is 0.654. The van der Waals surface area contributed by atoms with Crippen molar-refractivity contribution in [1.82, 2.24) is 4.98 Å². The minimum atomic E-state index is -4.91. The molecular formula is C8H6ClF5N2. The van der Waals surface area contributed by atoms with E-state index in [-0.39, 0.29) is 11.4 Å². The van der Waals surface area contributed by atoms with Crippen LogP contribution in [0.3, 0.4) is 0 Å². The third kappa shape index (κ3) is 2.52. The number of rotatable bonds is 2. The van der Waals surface area contributed by atoms with Gasteiger partial charge in [0.05, 0.1) is 11.4 Å². The molecule has 2 nitrogen and oxygen atoms in total. The van der Waals surface area contributed by atoms with Crippen LogP contribution in [0.2, 0.25) is 0 Å². The van der Waals surface area contributed by atoms with Crippen LogP contribution < -0.4 is 5.73 Å². The topological polar surface area (TPSA) is 38.9 Å². The van der Waals surface area contributed by atoms with E-state index in [9.17, 15) is 22.0 Å². The smallest absolute Gasteiger partial charge is 0.383 e. The summed E-state index contributed by atoms with van der Waals surface area (Å²) in [6.45, 7) is 0. The minimum absolute atomic E-state index is 0.126. The molecule has 0 aromatic carbocycles. The normalized spacial score (nSPS) is 12.2. The maximum absolute atomic E-state index is 12.4. The van der Waals surface area contributed by atoms with Gasteiger partial charge in [0.1, 0.15) is 11.5 Å². The number of hydrogen-bond donors (Lipinski definition) is 1. The van der Waals surface area contributed by atoms with Gasteiger partial charge in [-0.2, -0.15) is 13.2 Å². The van der Waals surface area contributed by atoms with Crippen LogP contribution >= 0.6 is 11.6 Å². The summed E-state index contributed by atoms with van der Waals surface area (Å²) in [5, 5.41) is 0. The Hall–Kier alpha value is -1.11. The number of hydrogen-bond acceptors (Lipinski definition) is 2. The molecule has 2 N–H and O–H groups in total. The molecule has 16 heavy (non-hydrogen) atoms. The molecule has 90 valence electrons. The van der Waals surface area contributed by atoms with Crippen molar-refractivity contribution >= 4 is 17.4 Å². The first-order chi connectivity index (χ1) is 7.27. The van der Waals surface area contributed by atoms with E-state index in [0.29, 0.717) is 6.07 Å². The van der Waals surface area contributed by atoms with Crippen molar-refractivity contribution in [2.75, 3.05) is 5.73 Å². The number of anilines is 1. The highest BCUT2D eigenvalue weighted by atomic mass is 35.5. The van der Waals surface area contributed by atoms with E-state index in [2.05, 4.69) is 4.98 Å². The molecule has 0 atom stereocenters. The number of nitrogens with two attached hydrogens (primary N) is 1. The standard InChI is InChI=1S/C8H6ClF5N2/c9-2-3-1-4(8(12,13)14)5(6(10)11)16-7(3)15/h1,6H,2H2,(H2,15,16). The van der Waals surface area contributed by atoms with Gasteiger partial charge in [-0.3, -0.25) is 0 Å². The van der Waals surface area contributed by atoms with Gasteiger partial charge in [0.25, 0.3) is 6.43 Å². The second-order valence-electron chi connectivity index (χ2n) is 2.90. The maximum Gasteiger partial charge on any atom is 0.418 e. The summed E-state index contributed by atoms with van der Waals surface area (Å²) in [4.78, 5) is 3.03. The van der Waals surface area contributed by atoms with Gasteiger partial charge in [0.2, 0.25) is 0 Å². The molecule has 0 aliphatic heterocycles. The maximum atomic E-state index is 12.4. The molecule has 0 saturated carbocycles. The lowest BCUT2D eigenvalue weighted by molar-refractivity contribution is -0.139. The van der Waals surface area contributed by atoms with Crippen molar-refractivity contribution in [3.63, 3.8) is 0 Å². The molecule has 0 fully saturated rings. The second kappa shape index (κ2) is 4.40. The third-order valence-electron chi connectivity index (χ3n) is 1.82. The number of nitrogen functional groups attached to an aromatic ring is 1. The number of aromatic nitrogens is 1. The zero-order valence-electron chi connectivity index (χ0n) is 7.65. The lowest BCUT2D eigenvalue weighted by Gasteiger charge is -2.14. The van der Waals surface area contributed by atoms with Crippen LogP contribution in [0.1, 0.15) is 23.2 Å². The van der Waals surface area contributed by atoms with Crippen molar-refractivity contribution in [1.29, 1.82) is 0 Å². The summed E-state index contributed by atoms with van der Waals surface area (Å²) in [5.41, 5.74) is 2.18. The zero-order chi connectivity index (χ0) is 12.5. The van der Waals surface area contributed by atoms with Gasteiger partial charge < -0.3 is 5.73 Å². The predicted octanol–water partition coefficient (Wildman–Crippen LogP) is 3.36. The largest absolute Gasteiger partial charge is 0.418 e. The van der Waals surface area contributed by atoms with Crippen molar-refractivity contribution in [3.05, 3.63) is 22.9 Å². The van der Waals surface area contributed by atoms with Crippen molar-refractivity contribution in [3.8, 4) is 0 Å². The predicted molar refractivity (Wildman–Crippen MR) is 48.2 cm³/mol. The molecule has 1 aromatic rings. The van der Waals surface area contributed by atoms with E-state index < -0.39 is 29.7 Å². The van der Waals surface area contributed by atoms with Crippen LogP contribution in [0.15, 0.2) is 6.07 Å². The van der Waals surface area contributed by atoms with Crippen LogP contribution in [0.5, 0.6) is 0 Å². The molecule has 1 aromatic heterocycles. The summed E-state index contributed by atoms with van der Waals surface area (Å²) in [7, 11) is 0. The summed E-state index contributed by atoms with van der Waals surface area (Å²) < 4.78 is 61.8. The number of alkyl halides is 6. The van der Waals surface area contributed by atoms with Crippen LogP contribution in [-0.2, 0) is 12.1 Å². The average molecular weight is 261 g/mol. The fourth-order valence-electron chi connectivity index (χ4n) is 1.08. The lowest BCUT2D eigenvalue weighted by Crippen LogP contribution is -2.14. The summed E-state index contributed by atoms with van der Waals surface area (Å²) in [5.74, 6) is -0.746. The number of nitrogens with zero attached hydrogens (tertiary/aromatic N) is 1. The van der Waals surface area contributed by atoms with Crippen LogP contribution in [0.25, 0.3) is 0 Å². The zero-order valence-corrected chi connectivity index (χ0v) is 8.41. The Labute approximate surface area is 92.2 Å². The van der Waals surface area contributed by atoms with Gasteiger partial charge in [0, 0.05) is 5.56 Å². The van der Waals surface area contributed by atoms with Crippen LogP contribution in [0.4, 0.5) is 27.8 Å². The fraction of sp³-hybridized carbons (Fsp3) is 0.375. The number of pyridine rings is 1. The molecular weight excluding hydrogens is 255 g/mol. The molecule has 0 saturated heterocycles. The summed E-state index contributed by atoms with van der Waals surface area (Å²) >= 11 is 5.31. The Morgan fingerprint density at radius 1 is 1.38 bits per heavy atom. The number of halogens is 6. The van der Waals surface area contributed by atoms with E-state index in [1.54, 1.807) is 0 Å². The molecule has 0 aliphatic rings. The second-order valence-corrected chi connectivity index (χ2v) is 3.16. The van der Waals surface area contributed by atoms with Gasteiger partial charge >= 0.3 is 6.18 Å². The lowest BCUT2D eigenvalue weighted by atomic mass is 10.1. The highest BCUT2D eigenvalue weighted by Gasteiger charge is 2.37. The van der Waals surface area contributed by atoms with Gasteiger partial charge in [-0.25, -0.2) is 13.8 Å². The molecule has 8 heteroatoms. The van der Waals surface area contributed by atoms with Gasteiger partial charge in [-0.1, -0.05) is 0 Å². The van der Waals surface area contributed by atoms with Crippen molar-refractivity contribution in [2.24, 2.45) is 0 Å². The van der Waals surface area contributed by atoms with Crippen molar-refractivity contribution < 1.29 is 22.0 Å². The molecule has 0 spiro atoms. The summed E-state index contributed by atoms with van der Waals surface area (Å²) in [6, 6.07) is 0.497. The Morgan fingerprint density at radius 2 is 1.94 bits per heavy atom. The first-order valence-electron chi connectivity index (χ1n) is 3.98. The third-order valence-corrected chi connectivity index (χ3v) is 2.11. The van der Waals surface area contributed by atoms with E-state index in [1.165, 1.54) is 0 Å².